The van der Waals surface area contributed by atoms with Crippen molar-refractivity contribution in [2.24, 2.45) is 5.41 Å². The van der Waals surface area contributed by atoms with Crippen LogP contribution in [-0.4, -0.2) is 62.4 Å². The molecule has 3 aliphatic rings. The second-order valence-electron chi connectivity index (χ2n) is 8.94. The third-order valence-electron chi connectivity index (χ3n) is 6.77. The summed E-state index contributed by atoms with van der Waals surface area (Å²) in [5.74, 6) is 0.291. The number of likely N-dealkylation sites (tertiary alicyclic amines) is 1. The summed E-state index contributed by atoms with van der Waals surface area (Å²) in [6.45, 7) is 2.45. The van der Waals surface area contributed by atoms with Gasteiger partial charge in [-0.15, -0.1) is 0 Å². The SMILES string of the molecule is CS(=O)(=O)Nc1ccc(N2CCC[C@@]3(CCN([C@H]4CC[C@H](O)CC4)C3=O)C2)cc1. The summed E-state index contributed by atoms with van der Waals surface area (Å²) in [6.07, 6.45) is 7.14. The largest absolute Gasteiger partial charge is 0.393 e. The first-order valence-corrected chi connectivity index (χ1v) is 12.5. The van der Waals surface area contributed by atoms with E-state index in [2.05, 4.69) is 14.5 Å². The summed E-state index contributed by atoms with van der Waals surface area (Å²) < 4.78 is 25.3. The van der Waals surface area contributed by atoms with E-state index in [1.54, 1.807) is 12.1 Å². The maximum Gasteiger partial charge on any atom is 0.230 e. The standard InChI is InChI=1S/C21H31N3O4S/c1-29(27,28)22-16-3-5-17(6-4-16)23-13-2-11-21(15-23)12-14-24(20(21)26)18-7-9-19(25)10-8-18/h3-6,18-19,22,25H,2,7-15H2,1H3/t18-,19-,21-/m1/s1. The molecule has 1 aliphatic carbocycles. The number of nitrogens with zero attached hydrogens (tertiary/aromatic N) is 2. The Morgan fingerprint density at radius 2 is 1.76 bits per heavy atom. The van der Waals surface area contributed by atoms with Crippen molar-refractivity contribution in [3.63, 3.8) is 0 Å². The van der Waals surface area contributed by atoms with Crippen LogP contribution in [0.2, 0.25) is 0 Å². The monoisotopic (exact) mass is 421 g/mol. The first kappa shape index (κ1) is 20.5. The molecule has 1 saturated carbocycles. The van der Waals surface area contributed by atoms with Crippen molar-refractivity contribution < 1.29 is 18.3 Å². The molecule has 1 spiro atoms. The molecule has 1 atom stereocenters. The summed E-state index contributed by atoms with van der Waals surface area (Å²) in [4.78, 5) is 17.8. The van der Waals surface area contributed by atoms with Crippen LogP contribution in [0, 0.1) is 5.41 Å². The second kappa shape index (κ2) is 7.80. The van der Waals surface area contributed by atoms with Gasteiger partial charge < -0.3 is 14.9 Å². The van der Waals surface area contributed by atoms with E-state index < -0.39 is 10.0 Å². The number of sulfonamides is 1. The normalized spacial score (nSPS) is 30.8. The van der Waals surface area contributed by atoms with E-state index in [-0.39, 0.29) is 17.6 Å². The van der Waals surface area contributed by atoms with Crippen LogP contribution in [-0.2, 0) is 14.8 Å². The Balaban J connectivity index is 1.45. The van der Waals surface area contributed by atoms with Crippen LogP contribution in [0.4, 0.5) is 11.4 Å². The number of anilines is 2. The van der Waals surface area contributed by atoms with Crippen molar-refractivity contribution in [2.45, 2.75) is 57.1 Å². The molecule has 1 aromatic carbocycles. The molecule has 0 unspecified atom stereocenters. The highest BCUT2D eigenvalue weighted by Crippen LogP contribution is 2.43. The van der Waals surface area contributed by atoms with Crippen LogP contribution >= 0.6 is 0 Å². The molecule has 0 radical (unpaired) electrons. The molecular weight excluding hydrogens is 390 g/mol. The average Bonchev–Trinajstić information content (AvgIpc) is 2.98. The number of hydrogen-bond acceptors (Lipinski definition) is 5. The fraction of sp³-hybridized carbons (Fsp3) is 0.667. The fourth-order valence-electron chi connectivity index (χ4n) is 5.25. The van der Waals surface area contributed by atoms with Gasteiger partial charge in [0.05, 0.1) is 17.8 Å². The minimum atomic E-state index is -3.29. The first-order valence-electron chi connectivity index (χ1n) is 10.6. The van der Waals surface area contributed by atoms with Gasteiger partial charge in [-0.25, -0.2) is 8.42 Å². The molecule has 1 amide bonds. The fourth-order valence-corrected chi connectivity index (χ4v) is 5.82. The van der Waals surface area contributed by atoms with Crippen molar-refractivity contribution in [1.29, 1.82) is 0 Å². The molecule has 8 heteroatoms. The molecule has 2 saturated heterocycles. The number of amides is 1. The first-order chi connectivity index (χ1) is 13.8. The highest BCUT2D eigenvalue weighted by molar-refractivity contribution is 7.92. The van der Waals surface area contributed by atoms with Gasteiger partial charge >= 0.3 is 0 Å². The number of benzene rings is 1. The van der Waals surface area contributed by atoms with Crippen molar-refractivity contribution in [2.75, 3.05) is 35.5 Å². The van der Waals surface area contributed by atoms with Gasteiger partial charge in [-0.3, -0.25) is 9.52 Å². The van der Waals surface area contributed by atoms with E-state index in [0.717, 1.165) is 76.5 Å². The zero-order chi connectivity index (χ0) is 20.6. The van der Waals surface area contributed by atoms with Crippen molar-refractivity contribution in [3.05, 3.63) is 24.3 Å². The number of aliphatic hydroxyl groups excluding tert-OH is 1. The smallest absolute Gasteiger partial charge is 0.230 e. The lowest BCUT2D eigenvalue weighted by atomic mass is 9.78. The number of carbonyl (C=O) groups excluding carboxylic acids is 1. The van der Waals surface area contributed by atoms with Crippen LogP contribution in [0.1, 0.15) is 44.9 Å². The van der Waals surface area contributed by atoms with Gasteiger partial charge in [0.25, 0.3) is 0 Å². The number of nitrogens with one attached hydrogen (secondary N) is 1. The zero-order valence-electron chi connectivity index (χ0n) is 17.0. The quantitative estimate of drug-likeness (QED) is 0.778. The Hall–Kier alpha value is -1.80. The lowest BCUT2D eigenvalue weighted by Gasteiger charge is -2.41. The van der Waals surface area contributed by atoms with Crippen LogP contribution in [0.25, 0.3) is 0 Å². The lowest BCUT2D eigenvalue weighted by molar-refractivity contribution is -0.139. The Morgan fingerprint density at radius 3 is 2.41 bits per heavy atom. The Kier molecular flexibility index (Phi) is 5.50. The molecule has 1 aromatic rings. The third kappa shape index (κ3) is 4.38. The maximum absolute atomic E-state index is 13.4. The van der Waals surface area contributed by atoms with E-state index in [1.807, 2.05) is 12.1 Å². The molecule has 3 fully saturated rings. The van der Waals surface area contributed by atoms with Gasteiger partial charge in [0.15, 0.2) is 0 Å². The second-order valence-corrected chi connectivity index (χ2v) is 10.7. The maximum atomic E-state index is 13.4. The Morgan fingerprint density at radius 1 is 1.07 bits per heavy atom. The Bertz CT molecular complexity index is 849. The molecule has 29 heavy (non-hydrogen) atoms. The summed E-state index contributed by atoms with van der Waals surface area (Å²) in [6, 6.07) is 7.67. The number of carbonyl (C=O) groups is 1. The highest BCUT2D eigenvalue weighted by atomic mass is 32.2. The van der Waals surface area contributed by atoms with Gasteiger partial charge in [0.1, 0.15) is 0 Å². The molecule has 7 nitrogen and oxygen atoms in total. The molecule has 2 heterocycles. The molecule has 0 aromatic heterocycles. The Labute approximate surface area is 173 Å². The van der Waals surface area contributed by atoms with Crippen molar-refractivity contribution >= 4 is 27.3 Å². The van der Waals surface area contributed by atoms with Gasteiger partial charge in [0.2, 0.25) is 15.9 Å². The summed E-state index contributed by atoms with van der Waals surface area (Å²) >= 11 is 0. The molecule has 2 aliphatic heterocycles. The predicted molar refractivity (Wildman–Crippen MR) is 113 cm³/mol. The summed E-state index contributed by atoms with van der Waals surface area (Å²) in [7, 11) is -3.29. The molecule has 0 bridgehead atoms. The third-order valence-corrected chi connectivity index (χ3v) is 7.37. The minimum absolute atomic E-state index is 0.205. The van der Waals surface area contributed by atoms with Gasteiger partial charge in [0, 0.05) is 37.1 Å². The predicted octanol–water partition coefficient (Wildman–Crippen LogP) is 2.18. The summed E-state index contributed by atoms with van der Waals surface area (Å²) in [5, 5.41) is 9.77. The van der Waals surface area contributed by atoms with Gasteiger partial charge in [-0.05, 0) is 69.2 Å². The lowest BCUT2D eigenvalue weighted by Crippen LogP contribution is -2.50. The van der Waals surface area contributed by atoms with Crippen LogP contribution in [0.5, 0.6) is 0 Å². The highest BCUT2D eigenvalue weighted by Gasteiger charge is 2.50. The topological polar surface area (TPSA) is 90.0 Å². The van der Waals surface area contributed by atoms with Crippen LogP contribution in [0.15, 0.2) is 24.3 Å². The molecule has 2 N–H and O–H groups in total. The number of rotatable bonds is 4. The van der Waals surface area contributed by atoms with Crippen molar-refractivity contribution in [1.82, 2.24) is 4.90 Å². The van der Waals surface area contributed by atoms with E-state index in [4.69, 9.17) is 0 Å². The average molecular weight is 422 g/mol. The number of hydrogen-bond donors (Lipinski definition) is 2. The van der Waals surface area contributed by atoms with Gasteiger partial charge in [-0.2, -0.15) is 0 Å². The number of piperidine rings is 1. The molecular formula is C21H31N3O4S. The van der Waals surface area contributed by atoms with E-state index in [9.17, 15) is 18.3 Å². The zero-order valence-corrected chi connectivity index (χ0v) is 17.8. The molecule has 4 rings (SSSR count). The molecule has 160 valence electrons. The van der Waals surface area contributed by atoms with Crippen LogP contribution < -0.4 is 9.62 Å². The van der Waals surface area contributed by atoms with Crippen molar-refractivity contribution in [3.8, 4) is 0 Å². The van der Waals surface area contributed by atoms with Crippen LogP contribution in [0.3, 0.4) is 0 Å². The van der Waals surface area contributed by atoms with E-state index in [0.29, 0.717) is 11.6 Å². The minimum Gasteiger partial charge on any atom is -0.393 e. The van der Waals surface area contributed by atoms with Gasteiger partial charge in [-0.1, -0.05) is 0 Å². The van der Waals surface area contributed by atoms with E-state index >= 15 is 0 Å². The summed E-state index contributed by atoms with van der Waals surface area (Å²) in [5.41, 5.74) is 1.26. The number of aliphatic hydroxyl groups is 1. The van der Waals surface area contributed by atoms with E-state index in [1.165, 1.54) is 0 Å².